The van der Waals surface area contributed by atoms with Gasteiger partial charge in [-0.2, -0.15) is 0 Å². The van der Waals surface area contributed by atoms with Crippen molar-refractivity contribution in [3.8, 4) is 5.75 Å². The Balaban J connectivity index is 1.86. The van der Waals surface area contributed by atoms with Gasteiger partial charge in [-0.25, -0.2) is 0 Å². The Hall–Kier alpha value is -2.82. The van der Waals surface area contributed by atoms with Gasteiger partial charge in [-0.15, -0.1) is 0 Å². The fraction of sp³-hybridized carbons (Fsp3) is 0.176. The molecule has 5 heteroatoms. The molecule has 114 valence electrons. The third-order valence-corrected chi connectivity index (χ3v) is 3.13. The summed E-state index contributed by atoms with van der Waals surface area (Å²) in [4.78, 5) is 23.0. The van der Waals surface area contributed by atoms with Gasteiger partial charge in [0.25, 0.3) is 5.91 Å². The third-order valence-electron chi connectivity index (χ3n) is 3.13. The van der Waals surface area contributed by atoms with Crippen LogP contribution in [0.15, 0.2) is 54.6 Å². The molecule has 0 aromatic heterocycles. The van der Waals surface area contributed by atoms with E-state index in [-0.39, 0.29) is 5.91 Å². The molecule has 0 saturated carbocycles. The fourth-order valence-corrected chi connectivity index (χ4v) is 1.88. The first-order chi connectivity index (χ1) is 10.6. The number of primary amides is 1. The predicted octanol–water partition coefficient (Wildman–Crippen LogP) is 1.87. The summed E-state index contributed by atoms with van der Waals surface area (Å²) in [6.45, 7) is 2.12. The van der Waals surface area contributed by atoms with Crippen LogP contribution in [-0.4, -0.2) is 17.9 Å². The molecule has 0 radical (unpaired) electrons. The number of benzene rings is 2. The molecule has 0 bridgehead atoms. The molecule has 3 N–H and O–H groups in total. The molecule has 0 fully saturated rings. The van der Waals surface area contributed by atoms with Gasteiger partial charge in [0, 0.05) is 12.1 Å². The third kappa shape index (κ3) is 4.34. The SMILES string of the molecule is C[C@H](Oc1ccc(C(N)=O)cc1)C(=O)NCc1ccccc1. The average molecular weight is 298 g/mol. The van der Waals surface area contributed by atoms with Gasteiger partial charge in [0.2, 0.25) is 5.91 Å². The van der Waals surface area contributed by atoms with Crippen molar-refractivity contribution in [2.24, 2.45) is 5.73 Å². The quantitative estimate of drug-likeness (QED) is 0.854. The summed E-state index contributed by atoms with van der Waals surface area (Å²) in [6, 6.07) is 16.0. The molecule has 2 rings (SSSR count). The molecule has 2 aromatic rings. The monoisotopic (exact) mass is 298 g/mol. The molecule has 0 spiro atoms. The first-order valence-corrected chi connectivity index (χ1v) is 6.94. The van der Waals surface area contributed by atoms with E-state index in [1.165, 1.54) is 0 Å². The Bertz CT molecular complexity index is 639. The minimum Gasteiger partial charge on any atom is -0.481 e. The molecule has 0 aliphatic heterocycles. The van der Waals surface area contributed by atoms with E-state index in [1.54, 1.807) is 31.2 Å². The second-order valence-electron chi connectivity index (χ2n) is 4.85. The summed E-state index contributed by atoms with van der Waals surface area (Å²) in [5, 5.41) is 2.81. The van der Waals surface area contributed by atoms with Gasteiger partial charge in [-0.1, -0.05) is 30.3 Å². The molecular weight excluding hydrogens is 280 g/mol. The highest BCUT2D eigenvalue weighted by Gasteiger charge is 2.14. The topological polar surface area (TPSA) is 81.4 Å². The van der Waals surface area contributed by atoms with Gasteiger partial charge in [0.15, 0.2) is 6.10 Å². The van der Waals surface area contributed by atoms with E-state index >= 15 is 0 Å². The molecule has 2 aromatic carbocycles. The number of rotatable bonds is 6. The van der Waals surface area contributed by atoms with Crippen molar-refractivity contribution < 1.29 is 14.3 Å². The molecule has 0 unspecified atom stereocenters. The van der Waals surface area contributed by atoms with Gasteiger partial charge >= 0.3 is 0 Å². The van der Waals surface area contributed by atoms with E-state index in [4.69, 9.17) is 10.5 Å². The van der Waals surface area contributed by atoms with Crippen molar-refractivity contribution in [1.29, 1.82) is 0 Å². The standard InChI is InChI=1S/C17H18N2O3/c1-12(17(21)19-11-13-5-3-2-4-6-13)22-15-9-7-14(8-10-15)16(18)20/h2-10,12H,11H2,1H3,(H2,18,20)(H,19,21)/t12-/m0/s1. The van der Waals surface area contributed by atoms with E-state index in [1.807, 2.05) is 30.3 Å². The van der Waals surface area contributed by atoms with Gasteiger partial charge in [-0.3, -0.25) is 9.59 Å². The zero-order valence-electron chi connectivity index (χ0n) is 12.3. The van der Waals surface area contributed by atoms with Crippen molar-refractivity contribution in [3.05, 3.63) is 65.7 Å². The molecule has 0 aliphatic rings. The summed E-state index contributed by atoms with van der Waals surface area (Å²) in [7, 11) is 0. The number of nitrogens with one attached hydrogen (secondary N) is 1. The molecule has 0 saturated heterocycles. The van der Waals surface area contributed by atoms with Crippen LogP contribution >= 0.6 is 0 Å². The van der Waals surface area contributed by atoms with Gasteiger partial charge < -0.3 is 15.8 Å². The summed E-state index contributed by atoms with van der Waals surface area (Å²) in [6.07, 6.45) is -0.636. The Morgan fingerprint density at radius 1 is 1.09 bits per heavy atom. The molecule has 0 aliphatic carbocycles. The van der Waals surface area contributed by atoms with Crippen LogP contribution in [0.4, 0.5) is 0 Å². The van der Waals surface area contributed by atoms with Gasteiger partial charge in [0.1, 0.15) is 5.75 Å². The zero-order valence-corrected chi connectivity index (χ0v) is 12.3. The second kappa shape index (κ2) is 7.26. The van der Waals surface area contributed by atoms with Crippen LogP contribution in [0, 0.1) is 0 Å². The first kappa shape index (κ1) is 15.6. The summed E-state index contributed by atoms with van der Waals surface area (Å²) in [5.74, 6) is -0.199. The van der Waals surface area contributed by atoms with Crippen LogP contribution in [-0.2, 0) is 11.3 Å². The van der Waals surface area contributed by atoms with Crippen molar-refractivity contribution >= 4 is 11.8 Å². The largest absolute Gasteiger partial charge is 0.481 e. The smallest absolute Gasteiger partial charge is 0.261 e. The fourth-order valence-electron chi connectivity index (χ4n) is 1.88. The lowest BCUT2D eigenvalue weighted by Gasteiger charge is -2.15. The van der Waals surface area contributed by atoms with Gasteiger partial charge in [-0.05, 0) is 36.8 Å². The average Bonchev–Trinajstić information content (AvgIpc) is 2.54. The van der Waals surface area contributed by atoms with Crippen molar-refractivity contribution in [2.75, 3.05) is 0 Å². The lowest BCUT2D eigenvalue weighted by Crippen LogP contribution is -2.35. The summed E-state index contributed by atoms with van der Waals surface area (Å²) >= 11 is 0. The number of amides is 2. The van der Waals surface area contributed by atoms with E-state index in [9.17, 15) is 9.59 Å². The lowest BCUT2D eigenvalue weighted by atomic mass is 10.2. The zero-order chi connectivity index (χ0) is 15.9. The molecule has 2 amide bonds. The van der Waals surface area contributed by atoms with Crippen molar-refractivity contribution in [3.63, 3.8) is 0 Å². The summed E-state index contributed by atoms with van der Waals surface area (Å²) < 4.78 is 5.54. The van der Waals surface area contributed by atoms with Crippen LogP contribution in [0.2, 0.25) is 0 Å². The molecule has 22 heavy (non-hydrogen) atoms. The van der Waals surface area contributed by atoms with E-state index < -0.39 is 12.0 Å². The van der Waals surface area contributed by atoms with Crippen LogP contribution in [0.3, 0.4) is 0 Å². The maximum absolute atomic E-state index is 12.0. The Morgan fingerprint density at radius 3 is 2.32 bits per heavy atom. The Labute approximate surface area is 129 Å². The number of ether oxygens (including phenoxy) is 1. The Morgan fingerprint density at radius 2 is 1.73 bits per heavy atom. The maximum Gasteiger partial charge on any atom is 0.261 e. The highest BCUT2D eigenvalue weighted by molar-refractivity contribution is 5.92. The normalized spacial score (nSPS) is 11.5. The minimum absolute atomic E-state index is 0.206. The predicted molar refractivity (Wildman–Crippen MR) is 83.3 cm³/mol. The first-order valence-electron chi connectivity index (χ1n) is 6.94. The van der Waals surface area contributed by atoms with Crippen LogP contribution < -0.4 is 15.8 Å². The lowest BCUT2D eigenvalue weighted by molar-refractivity contribution is -0.127. The number of hydrogen-bond acceptors (Lipinski definition) is 3. The highest BCUT2D eigenvalue weighted by Crippen LogP contribution is 2.13. The van der Waals surface area contributed by atoms with Crippen LogP contribution in [0.5, 0.6) is 5.75 Å². The molecule has 5 nitrogen and oxygen atoms in total. The van der Waals surface area contributed by atoms with E-state index in [0.29, 0.717) is 17.9 Å². The van der Waals surface area contributed by atoms with Crippen molar-refractivity contribution in [1.82, 2.24) is 5.32 Å². The number of nitrogens with two attached hydrogens (primary N) is 1. The number of carbonyl (C=O) groups is 2. The maximum atomic E-state index is 12.0. The number of hydrogen-bond donors (Lipinski definition) is 2. The molecule has 0 heterocycles. The van der Waals surface area contributed by atoms with Crippen LogP contribution in [0.1, 0.15) is 22.8 Å². The van der Waals surface area contributed by atoms with E-state index in [2.05, 4.69) is 5.32 Å². The van der Waals surface area contributed by atoms with Gasteiger partial charge in [0.05, 0.1) is 0 Å². The van der Waals surface area contributed by atoms with Crippen molar-refractivity contribution in [2.45, 2.75) is 19.6 Å². The minimum atomic E-state index is -0.636. The summed E-state index contributed by atoms with van der Waals surface area (Å²) in [5.41, 5.74) is 6.58. The number of carbonyl (C=O) groups excluding carboxylic acids is 2. The van der Waals surface area contributed by atoms with Crippen LogP contribution in [0.25, 0.3) is 0 Å². The molecule has 1 atom stereocenters. The Kier molecular flexibility index (Phi) is 5.14. The van der Waals surface area contributed by atoms with E-state index in [0.717, 1.165) is 5.56 Å². The molecular formula is C17H18N2O3. The highest BCUT2D eigenvalue weighted by atomic mass is 16.5. The second-order valence-corrected chi connectivity index (χ2v) is 4.85.